The van der Waals surface area contributed by atoms with E-state index in [1.54, 1.807) is 17.7 Å². The summed E-state index contributed by atoms with van der Waals surface area (Å²) in [7, 11) is 1.74. The lowest BCUT2D eigenvalue weighted by Crippen LogP contribution is -2.03. The minimum absolute atomic E-state index is 0.238. The Kier molecular flexibility index (Phi) is 1.84. The second kappa shape index (κ2) is 3.13. The maximum atomic E-state index is 11.0. The molecule has 3 rings (SSSR count). The highest BCUT2D eigenvalue weighted by molar-refractivity contribution is 6.06. The molecule has 0 amide bonds. The third kappa shape index (κ3) is 1.27. The summed E-state index contributed by atoms with van der Waals surface area (Å²) in [6.45, 7) is 2.00. The Morgan fingerprint density at radius 1 is 1.29 bits per heavy atom. The Balaban J connectivity index is 2.48. The van der Waals surface area contributed by atoms with Gasteiger partial charge in [0.15, 0.2) is 5.58 Å². The van der Waals surface area contributed by atoms with Gasteiger partial charge in [-0.05, 0) is 19.1 Å². The zero-order chi connectivity index (χ0) is 12.2. The molecule has 0 fully saturated rings. The van der Waals surface area contributed by atoms with Crippen molar-refractivity contribution in [2.45, 2.75) is 6.92 Å². The van der Waals surface area contributed by atoms with Crippen LogP contribution in [0.5, 0.6) is 0 Å². The number of carbonyl (C=O) groups is 1. The van der Waals surface area contributed by atoms with Gasteiger partial charge in [0.05, 0.1) is 5.52 Å². The third-order valence-electron chi connectivity index (χ3n) is 3.03. The standard InChI is InChI=1S/C13H11NO3/c1-7-3-4-10-8(5-7)12-11(17-10)6-9(13(15)16)14(12)2/h3-6H,1-2H3,(H,15,16). The number of nitrogens with zero attached hydrogens (tertiary/aromatic N) is 1. The van der Waals surface area contributed by atoms with Crippen molar-refractivity contribution in [2.75, 3.05) is 0 Å². The molecule has 0 spiro atoms. The Bertz CT molecular complexity index is 749. The molecule has 0 saturated carbocycles. The molecule has 3 aromatic rings. The lowest BCUT2D eigenvalue weighted by Gasteiger charge is -1.98. The van der Waals surface area contributed by atoms with E-state index in [0.717, 1.165) is 22.0 Å². The molecule has 0 aliphatic rings. The van der Waals surface area contributed by atoms with Gasteiger partial charge in [-0.15, -0.1) is 0 Å². The van der Waals surface area contributed by atoms with Gasteiger partial charge in [0.2, 0.25) is 0 Å². The largest absolute Gasteiger partial charge is 0.477 e. The van der Waals surface area contributed by atoms with E-state index in [4.69, 9.17) is 9.52 Å². The number of aromatic nitrogens is 1. The van der Waals surface area contributed by atoms with Crippen LogP contribution in [0.3, 0.4) is 0 Å². The lowest BCUT2D eigenvalue weighted by molar-refractivity contribution is 0.0687. The van der Waals surface area contributed by atoms with Crippen molar-refractivity contribution >= 4 is 28.0 Å². The van der Waals surface area contributed by atoms with E-state index < -0.39 is 5.97 Å². The number of furan rings is 1. The fourth-order valence-electron chi connectivity index (χ4n) is 2.21. The molecule has 1 N–H and O–H groups in total. The van der Waals surface area contributed by atoms with E-state index in [1.807, 2.05) is 25.1 Å². The first-order valence-corrected chi connectivity index (χ1v) is 5.30. The van der Waals surface area contributed by atoms with Crippen molar-refractivity contribution in [2.24, 2.45) is 7.05 Å². The van der Waals surface area contributed by atoms with Gasteiger partial charge in [0, 0.05) is 18.5 Å². The first kappa shape index (κ1) is 9.96. The summed E-state index contributed by atoms with van der Waals surface area (Å²) < 4.78 is 7.29. The van der Waals surface area contributed by atoms with Crippen LogP contribution in [-0.4, -0.2) is 15.6 Å². The van der Waals surface area contributed by atoms with Gasteiger partial charge in [0.1, 0.15) is 11.3 Å². The summed E-state index contributed by atoms with van der Waals surface area (Å²) in [5.41, 5.74) is 3.60. The Hall–Kier alpha value is -2.23. The number of carboxylic acid groups (broad SMARTS) is 1. The Morgan fingerprint density at radius 3 is 2.76 bits per heavy atom. The van der Waals surface area contributed by atoms with Gasteiger partial charge >= 0.3 is 5.97 Å². The highest BCUT2D eigenvalue weighted by Crippen LogP contribution is 2.31. The number of benzene rings is 1. The summed E-state index contributed by atoms with van der Waals surface area (Å²) in [5, 5.41) is 10.0. The molecular formula is C13H11NO3. The molecule has 0 radical (unpaired) electrons. The van der Waals surface area contributed by atoms with Gasteiger partial charge < -0.3 is 14.1 Å². The second-order valence-electron chi connectivity index (χ2n) is 4.21. The van der Waals surface area contributed by atoms with Crippen molar-refractivity contribution in [3.05, 3.63) is 35.5 Å². The number of carboxylic acids is 1. The zero-order valence-corrected chi connectivity index (χ0v) is 9.52. The molecule has 1 aromatic carbocycles. The van der Waals surface area contributed by atoms with Crippen molar-refractivity contribution in [1.29, 1.82) is 0 Å². The molecule has 2 aromatic heterocycles. The third-order valence-corrected chi connectivity index (χ3v) is 3.03. The van der Waals surface area contributed by atoms with E-state index in [1.165, 1.54) is 0 Å². The van der Waals surface area contributed by atoms with Crippen LogP contribution in [0.25, 0.3) is 22.1 Å². The molecular weight excluding hydrogens is 218 g/mol. The van der Waals surface area contributed by atoms with E-state index in [9.17, 15) is 4.79 Å². The summed E-state index contributed by atoms with van der Waals surface area (Å²) >= 11 is 0. The maximum Gasteiger partial charge on any atom is 0.352 e. The fourth-order valence-corrected chi connectivity index (χ4v) is 2.21. The molecule has 4 heteroatoms. The predicted octanol–water partition coefficient (Wildman–Crippen LogP) is 2.93. The summed E-state index contributed by atoms with van der Waals surface area (Å²) in [5.74, 6) is -0.945. The quantitative estimate of drug-likeness (QED) is 0.698. The van der Waals surface area contributed by atoms with Crippen molar-refractivity contribution in [3.8, 4) is 0 Å². The minimum Gasteiger partial charge on any atom is -0.477 e. The van der Waals surface area contributed by atoms with Crippen molar-refractivity contribution in [1.82, 2.24) is 4.57 Å². The summed E-state index contributed by atoms with van der Waals surface area (Å²) in [6.07, 6.45) is 0. The Morgan fingerprint density at radius 2 is 2.06 bits per heavy atom. The van der Waals surface area contributed by atoms with Crippen LogP contribution >= 0.6 is 0 Å². The van der Waals surface area contributed by atoms with Crippen LogP contribution in [0.4, 0.5) is 0 Å². The molecule has 17 heavy (non-hydrogen) atoms. The topological polar surface area (TPSA) is 55.4 Å². The minimum atomic E-state index is -0.945. The molecule has 0 bridgehead atoms. The normalized spacial score (nSPS) is 11.4. The monoisotopic (exact) mass is 229 g/mol. The smallest absolute Gasteiger partial charge is 0.352 e. The highest BCUT2D eigenvalue weighted by Gasteiger charge is 2.17. The first-order chi connectivity index (χ1) is 8.08. The van der Waals surface area contributed by atoms with Crippen LogP contribution in [0.2, 0.25) is 0 Å². The molecule has 0 saturated heterocycles. The van der Waals surface area contributed by atoms with E-state index >= 15 is 0 Å². The number of hydrogen-bond donors (Lipinski definition) is 1. The van der Waals surface area contributed by atoms with Gasteiger partial charge in [0.25, 0.3) is 0 Å². The highest BCUT2D eigenvalue weighted by atomic mass is 16.4. The number of fused-ring (bicyclic) bond motifs is 3. The maximum absolute atomic E-state index is 11.0. The van der Waals surface area contributed by atoms with Crippen molar-refractivity contribution < 1.29 is 14.3 Å². The van der Waals surface area contributed by atoms with Crippen LogP contribution < -0.4 is 0 Å². The fraction of sp³-hybridized carbons (Fsp3) is 0.154. The molecule has 4 nitrogen and oxygen atoms in total. The van der Waals surface area contributed by atoms with Crippen LogP contribution in [-0.2, 0) is 7.05 Å². The average Bonchev–Trinajstić information content (AvgIpc) is 2.76. The summed E-state index contributed by atoms with van der Waals surface area (Å²) in [6, 6.07) is 7.45. The lowest BCUT2D eigenvalue weighted by atomic mass is 10.2. The molecule has 0 atom stereocenters. The van der Waals surface area contributed by atoms with E-state index in [0.29, 0.717) is 5.58 Å². The van der Waals surface area contributed by atoms with Crippen LogP contribution in [0.1, 0.15) is 16.1 Å². The number of aryl methyl sites for hydroxylation is 2. The van der Waals surface area contributed by atoms with Crippen LogP contribution in [0, 0.1) is 6.92 Å². The molecule has 2 heterocycles. The van der Waals surface area contributed by atoms with E-state index in [2.05, 4.69) is 0 Å². The molecule has 86 valence electrons. The SMILES string of the molecule is Cc1ccc2oc3cc(C(=O)O)n(C)c3c2c1. The first-order valence-electron chi connectivity index (χ1n) is 5.30. The summed E-state index contributed by atoms with van der Waals surface area (Å²) in [4.78, 5) is 11.0. The Labute approximate surface area is 97.1 Å². The van der Waals surface area contributed by atoms with Gasteiger partial charge in [-0.2, -0.15) is 0 Å². The van der Waals surface area contributed by atoms with Crippen LogP contribution in [0.15, 0.2) is 28.7 Å². The van der Waals surface area contributed by atoms with E-state index in [-0.39, 0.29) is 5.69 Å². The van der Waals surface area contributed by atoms with Gasteiger partial charge in [-0.1, -0.05) is 11.6 Å². The molecule has 0 unspecified atom stereocenters. The molecule has 0 aliphatic heterocycles. The second-order valence-corrected chi connectivity index (χ2v) is 4.21. The van der Waals surface area contributed by atoms with Gasteiger partial charge in [-0.25, -0.2) is 4.79 Å². The number of rotatable bonds is 1. The van der Waals surface area contributed by atoms with Crippen molar-refractivity contribution in [3.63, 3.8) is 0 Å². The predicted molar refractivity (Wildman–Crippen MR) is 64.4 cm³/mol. The molecule has 0 aliphatic carbocycles. The average molecular weight is 229 g/mol. The number of hydrogen-bond acceptors (Lipinski definition) is 2. The number of aromatic carboxylic acids is 1. The zero-order valence-electron chi connectivity index (χ0n) is 9.52. The van der Waals surface area contributed by atoms with Gasteiger partial charge in [-0.3, -0.25) is 0 Å².